The zero-order valence-corrected chi connectivity index (χ0v) is 8.30. The standard InChI is InChI=1S/C11H13NO3/c13-11(14)12-7-6-9(12)8-15-10-4-2-1-3-5-10/h1-5,9H,6-8H2,(H,13,14). The molecule has 1 amide bonds. The fourth-order valence-corrected chi connectivity index (χ4v) is 1.58. The minimum absolute atomic E-state index is 0.0164. The van der Waals surface area contributed by atoms with Gasteiger partial charge in [0.05, 0.1) is 6.04 Å². The summed E-state index contributed by atoms with van der Waals surface area (Å²) in [4.78, 5) is 12.1. The number of carbonyl (C=O) groups is 1. The van der Waals surface area contributed by atoms with Gasteiger partial charge in [-0.3, -0.25) is 0 Å². The number of hydrogen-bond donors (Lipinski definition) is 1. The summed E-state index contributed by atoms with van der Waals surface area (Å²) in [6.45, 7) is 1.06. The molecule has 1 fully saturated rings. The van der Waals surface area contributed by atoms with Crippen molar-refractivity contribution < 1.29 is 14.6 Å². The summed E-state index contributed by atoms with van der Waals surface area (Å²) in [5, 5.41) is 8.77. The van der Waals surface area contributed by atoms with Gasteiger partial charge >= 0.3 is 6.09 Å². The molecule has 0 bridgehead atoms. The third-order valence-corrected chi connectivity index (χ3v) is 2.58. The van der Waals surface area contributed by atoms with E-state index in [1.807, 2.05) is 30.3 Å². The number of benzene rings is 1. The average molecular weight is 207 g/mol. The Balaban J connectivity index is 1.82. The van der Waals surface area contributed by atoms with E-state index >= 15 is 0 Å². The highest BCUT2D eigenvalue weighted by Gasteiger charge is 2.32. The number of hydrogen-bond acceptors (Lipinski definition) is 2. The van der Waals surface area contributed by atoms with Crippen LogP contribution in [0.4, 0.5) is 4.79 Å². The third-order valence-electron chi connectivity index (χ3n) is 2.58. The number of rotatable bonds is 3. The fraction of sp³-hybridized carbons (Fsp3) is 0.364. The van der Waals surface area contributed by atoms with Crippen molar-refractivity contribution in [2.45, 2.75) is 12.5 Å². The maximum atomic E-state index is 10.7. The molecule has 0 radical (unpaired) electrons. The quantitative estimate of drug-likeness (QED) is 0.822. The minimum Gasteiger partial charge on any atom is -0.491 e. The van der Waals surface area contributed by atoms with Crippen molar-refractivity contribution in [3.63, 3.8) is 0 Å². The lowest BCUT2D eigenvalue weighted by Gasteiger charge is -2.38. The SMILES string of the molecule is O=C(O)N1CCC1COc1ccccc1. The Morgan fingerprint density at radius 2 is 2.20 bits per heavy atom. The number of likely N-dealkylation sites (tertiary alicyclic amines) is 1. The monoisotopic (exact) mass is 207 g/mol. The topological polar surface area (TPSA) is 49.8 Å². The Kier molecular flexibility index (Phi) is 2.76. The molecule has 1 aliphatic heterocycles. The largest absolute Gasteiger partial charge is 0.491 e. The second kappa shape index (κ2) is 4.21. The van der Waals surface area contributed by atoms with E-state index in [4.69, 9.17) is 9.84 Å². The molecule has 1 heterocycles. The summed E-state index contributed by atoms with van der Waals surface area (Å²) >= 11 is 0. The zero-order chi connectivity index (χ0) is 10.7. The van der Waals surface area contributed by atoms with E-state index in [0.29, 0.717) is 13.2 Å². The smallest absolute Gasteiger partial charge is 0.407 e. The predicted octanol–water partition coefficient (Wildman–Crippen LogP) is 1.82. The molecule has 0 saturated carbocycles. The highest BCUT2D eigenvalue weighted by atomic mass is 16.5. The van der Waals surface area contributed by atoms with Gasteiger partial charge in [0.1, 0.15) is 12.4 Å². The molecular weight excluding hydrogens is 194 g/mol. The molecule has 1 atom stereocenters. The Morgan fingerprint density at radius 3 is 2.73 bits per heavy atom. The summed E-state index contributed by atoms with van der Waals surface area (Å²) in [5.41, 5.74) is 0. The first-order chi connectivity index (χ1) is 7.27. The van der Waals surface area contributed by atoms with Gasteiger partial charge < -0.3 is 14.7 Å². The molecular formula is C11H13NO3. The van der Waals surface area contributed by atoms with Crippen LogP contribution >= 0.6 is 0 Å². The summed E-state index contributed by atoms with van der Waals surface area (Å²) < 4.78 is 5.49. The van der Waals surface area contributed by atoms with Crippen LogP contribution in [0.3, 0.4) is 0 Å². The Hall–Kier alpha value is -1.71. The first-order valence-electron chi connectivity index (χ1n) is 4.95. The van der Waals surface area contributed by atoms with Gasteiger partial charge in [0.25, 0.3) is 0 Å². The maximum absolute atomic E-state index is 10.7. The first-order valence-corrected chi connectivity index (χ1v) is 4.95. The second-order valence-electron chi connectivity index (χ2n) is 3.54. The number of nitrogens with zero attached hydrogens (tertiary/aromatic N) is 1. The van der Waals surface area contributed by atoms with Gasteiger partial charge in [-0.15, -0.1) is 0 Å². The van der Waals surface area contributed by atoms with Gasteiger partial charge in [-0.2, -0.15) is 0 Å². The Labute approximate surface area is 88.1 Å². The van der Waals surface area contributed by atoms with Crippen LogP contribution in [0.2, 0.25) is 0 Å². The lowest BCUT2D eigenvalue weighted by molar-refractivity contribution is 0.0499. The molecule has 2 rings (SSSR count). The van der Waals surface area contributed by atoms with E-state index in [1.165, 1.54) is 4.90 Å². The van der Waals surface area contributed by atoms with Crippen LogP contribution < -0.4 is 4.74 Å². The van der Waals surface area contributed by atoms with E-state index in [2.05, 4.69) is 0 Å². The molecule has 4 nitrogen and oxygen atoms in total. The van der Waals surface area contributed by atoms with Crippen LogP contribution in [0.5, 0.6) is 5.75 Å². The van der Waals surface area contributed by atoms with Crippen molar-refractivity contribution in [2.75, 3.05) is 13.2 Å². The van der Waals surface area contributed by atoms with Crippen LogP contribution in [0, 0.1) is 0 Å². The summed E-state index contributed by atoms with van der Waals surface area (Å²) in [6.07, 6.45) is 0.0296. The van der Waals surface area contributed by atoms with Crippen molar-refractivity contribution in [2.24, 2.45) is 0 Å². The normalized spacial score (nSPS) is 19.5. The Morgan fingerprint density at radius 1 is 1.47 bits per heavy atom. The molecule has 15 heavy (non-hydrogen) atoms. The molecule has 1 aromatic carbocycles. The molecule has 1 unspecified atom stereocenters. The van der Waals surface area contributed by atoms with Gasteiger partial charge in [0, 0.05) is 6.54 Å². The predicted molar refractivity (Wildman–Crippen MR) is 55.1 cm³/mol. The third kappa shape index (κ3) is 2.21. The second-order valence-corrected chi connectivity index (χ2v) is 3.54. The van der Waals surface area contributed by atoms with Gasteiger partial charge in [0.2, 0.25) is 0 Å². The molecule has 1 saturated heterocycles. The van der Waals surface area contributed by atoms with Crippen LogP contribution in [0.15, 0.2) is 30.3 Å². The zero-order valence-electron chi connectivity index (χ0n) is 8.30. The molecule has 0 spiro atoms. The van der Waals surface area contributed by atoms with E-state index in [9.17, 15) is 4.79 Å². The summed E-state index contributed by atoms with van der Waals surface area (Å²) in [6, 6.07) is 9.45. The van der Waals surface area contributed by atoms with E-state index in [-0.39, 0.29) is 6.04 Å². The van der Waals surface area contributed by atoms with Crippen molar-refractivity contribution in [1.82, 2.24) is 4.90 Å². The fourth-order valence-electron chi connectivity index (χ4n) is 1.58. The number of para-hydroxylation sites is 1. The van der Waals surface area contributed by atoms with Gasteiger partial charge in [-0.1, -0.05) is 18.2 Å². The number of amides is 1. The van der Waals surface area contributed by atoms with Crippen molar-refractivity contribution in [3.8, 4) is 5.75 Å². The molecule has 1 aromatic rings. The van der Waals surface area contributed by atoms with Gasteiger partial charge in [0.15, 0.2) is 0 Å². The van der Waals surface area contributed by atoms with Crippen LogP contribution in [-0.4, -0.2) is 35.3 Å². The molecule has 1 aliphatic rings. The molecule has 0 aromatic heterocycles. The number of carboxylic acid groups (broad SMARTS) is 1. The molecule has 0 aliphatic carbocycles. The van der Waals surface area contributed by atoms with Crippen LogP contribution in [-0.2, 0) is 0 Å². The summed E-state index contributed by atoms with van der Waals surface area (Å²) in [5.74, 6) is 0.787. The molecule has 4 heteroatoms. The van der Waals surface area contributed by atoms with Gasteiger partial charge in [-0.05, 0) is 18.6 Å². The van der Waals surface area contributed by atoms with E-state index < -0.39 is 6.09 Å². The first kappa shape index (κ1) is 9.83. The molecule has 80 valence electrons. The number of ether oxygens (including phenoxy) is 1. The van der Waals surface area contributed by atoms with Crippen molar-refractivity contribution in [1.29, 1.82) is 0 Å². The van der Waals surface area contributed by atoms with Crippen LogP contribution in [0.25, 0.3) is 0 Å². The van der Waals surface area contributed by atoms with Crippen molar-refractivity contribution in [3.05, 3.63) is 30.3 Å². The maximum Gasteiger partial charge on any atom is 0.407 e. The lowest BCUT2D eigenvalue weighted by atomic mass is 10.1. The van der Waals surface area contributed by atoms with Crippen LogP contribution in [0.1, 0.15) is 6.42 Å². The molecule has 1 N–H and O–H groups in total. The lowest BCUT2D eigenvalue weighted by Crippen LogP contribution is -2.53. The highest BCUT2D eigenvalue weighted by molar-refractivity contribution is 5.66. The van der Waals surface area contributed by atoms with Gasteiger partial charge in [-0.25, -0.2) is 4.79 Å². The summed E-state index contributed by atoms with van der Waals surface area (Å²) in [7, 11) is 0. The van der Waals surface area contributed by atoms with E-state index in [0.717, 1.165) is 12.2 Å². The highest BCUT2D eigenvalue weighted by Crippen LogP contribution is 2.19. The van der Waals surface area contributed by atoms with Crippen molar-refractivity contribution >= 4 is 6.09 Å². The minimum atomic E-state index is -0.858. The average Bonchev–Trinajstić information content (AvgIpc) is 2.17. The van der Waals surface area contributed by atoms with E-state index in [1.54, 1.807) is 0 Å². The Bertz CT molecular complexity index is 339.